The maximum absolute atomic E-state index is 15.1. The zero-order chi connectivity index (χ0) is 47.9. The molecule has 6 aromatic rings. The van der Waals surface area contributed by atoms with E-state index in [1.807, 2.05) is 37.1 Å². The predicted octanol–water partition coefficient (Wildman–Crippen LogP) is 10.6. The van der Waals surface area contributed by atoms with Gasteiger partial charge in [0, 0.05) is 44.3 Å². The Balaban J connectivity index is 0.947. The van der Waals surface area contributed by atoms with Crippen LogP contribution < -0.4 is 14.4 Å². The SMILES string of the molecule is CCOC(=O)c1nc(N(C)c2cc(C)c(N=c3sc4ccccc4n3COCC[Si](C)(C)C)nn2)sc1CCCOc1ccc(C#CCN(C)Cc2ccc(C3(C(F)(F)F)N=N3)cc2)cc1F. The number of esters is 1. The number of hydrogen-bond donors (Lipinski definition) is 0. The number of nitrogens with zero attached hydrogens (tertiary/aromatic N) is 9. The number of fused-ring (bicyclic) bond motifs is 1. The van der Waals surface area contributed by atoms with E-state index in [9.17, 15) is 18.0 Å². The number of alkyl halides is 3. The number of aromatic nitrogens is 4. The van der Waals surface area contributed by atoms with Crippen molar-refractivity contribution in [3.05, 3.63) is 116 Å². The second-order valence-electron chi connectivity index (χ2n) is 17.1. The van der Waals surface area contributed by atoms with Crippen molar-refractivity contribution in [3.63, 3.8) is 0 Å². The zero-order valence-corrected chi connectivity index (χ0v) is 40.9. The zero-order valence-electron chi connectivity index (χ0n) is 38.3. The molecule has 3 aromatic heterocycles. The first kappa shape index (κ1) is 49.1. The summed E-state index contributed by atoms with van der Waals surface area (Å²) in [6.45, 7) is 12.8. The molecule has 0 aliphatic carbocycles. The van der Waals surface area contributed by atoms with Gasteiger partial charge in [0.2, 0.25) is 0 Å². The normalized spacial score (nSPS) is 13.5. The Bertz CT molecular complexity index is 2880. The second-order valence-corrected chi connectivity index (χ2v) is 24.8. The molecule has 352 valence electrons. The molecule has 20 heteroatoms. The van der Waals surface area contributed by atoms with Gasteiger partial charge in [-0.25, -0.2) is 14.2 Å². The summed E-state index contributed by atoms with van der Waals surface area (Å²) in [5, 5.41) is 16.0. The lowest BCUT2D eigenvalue weighted by molar-refractivity contribution is -0.166. The van der Waals surface area contributed by atoms with Gasteiger partial charge in [-0.15, -0.1) is 31.8 Å². The van der Waals surface area contributed by atoms with Gasteiger partial charge in [0.05, 0.1) is 30.0 Å². The van der Waals surface area contributed by atoms with Crippen LogP contribution in [0.1, 0.15) is 51.0 Å². The Morgan fingerprint density at radius 2 is 1.75 bits per heavy atom. The van der Waals surface area contributed by atoms with Crippen molar-refractivity contribution >= 4 is 63.7 Å². The van der Waals surface area contributed by atoms with Gasteiger partial charge < -0.3 is 19.1 Å². The van der Waals surface area contributed by atoms with Gasteiger partial charge in [-0.3, -0.25) is 9.47 Å². The minimum absolute atomic E-state index is 0.0227. The molecular weight excluding hydrogens is 923 g/mol. The third kappa shape index (κ3) is 12.2. The van der Waals surface area contributed by atoms with Crippen molar-refractivity contribution < 1.29 is 36.6 Å². The summed E-state index contributed by atoms with van der Waals surface area (Å²) in [7, 11) is 2.38. The van der Waals surface area contributed by atoms with Crippen LogP contribution in [-0.2, 0) is 34.8 Å². The molecule has 7 rings (SSSR count). The lowest BCUT2D eigenvalue weighted by atomic mass is 10.0. The van der Waals surface area contributed by atoms with E-state index in [4.69, 9.17) is 19.2 Å². The molecular formula is C47H51F4N9O4S2Si. The molecule has 0 radical (unpaired) electrons. The van der Waals surface area contributed by atoms with Crippen molar-refractivity contribution in [3.8, 4) is 17.6 Å². The summed E-state index contributed by atoms with van der Waals surface area (Å²) < 4.78 is 75.5. The Morgan fingerprint density at radius 3 is 2.43 bits per heavy atom. The molecule has 0 N–H and O–H groups in total. The summed E-state index contributed by atoms with van der Waals surface area (Å²) in [6, 6.07) is 21.6. The van der Waals surface area contributed by atoms with Crippen LogP contribution in [0.15, 0.2) is 88.0 Å². The summed E-state index contributed by atoms with van der Waals surface area (Å²) in [4.78, 5) is 27.7. The third-order valence-electron chi connectivity index (χ3n) is 10.6. The number of carbonyl (C=O) groups is 1. The van der Waals surface area contributed by atoms with Crippen LogP contribution in [0, 0.1) is 24.6 Å². The smallest absolute Gasteiger partial charge is 0.442 e. The number of benzene rings is 3. The van der Waals surface area contributed by atoms with Gasteiger partial charge in [-0.2, -0.15) is 18.2 Å². The summed E-state index contributed by atoms with van der Waals surface area (Å²) >= 11 is 2.89. The van der Waals surface area contributed by atoms with Crippen LogP contribution in [0.5, 0.6) is 5.75 Å². The molecule has 0 amide bonds. The lowest BCUT2D eigenvalue weighted by Crippen LogP contribution is -2.30. The summed E-state index contributed by atoms with van der Waals surface area (Å²) in [5.74, 6) is 5.90. The summed E-state index contributed by atoms with van der Waals surface area (Å²) in [5.41, 5.74) is 0.819. The van der Waals surface area contributed by atoms with E-state index in [0.29, 0.717) is 66.5 Å². The Labute approximate surface area is 395 Å². The fourth-order valence-corrected chi connectivity index (χ4v) is 9.58. The Morgan fingerprint density at radius 1 is 0.985 bits per heavy atom. The van der Waals surface area contributed by atoms with Gasteiger partial charge in [0.15, 0.2) is 38.8 Å². The molecule has 13 nitrogen and oxygen atoms in total. The van der Waals surface area contributed by atoms with E-state index in [2.05, 4.69) is 73.6 Å². The maximum Gasteiger partial charge on any atom is 0.442 e. The van der Waals surface area contributed by atoms with Gasteiger partial charge in [0.1, 0.15) is 6.73 Å². The number of thiazole rings is 2. The van der Waals surface area contributed by atoms with Crippen molar-refractivity contribution in [2.45, 2.75) is 77.5 Å². The van der Waals surface area contributed by atoms with Crippen LogP contribution in [0.2, 0.25) is 25.7 Å². The predicted molar refractivity (Wildman–Crippen MR) is 255 cm³/mol. The molecule has 0 saturated carbocycles. The molecule has 0 fully saturated rings. The van der Waals surface area contributed by atoms with Gasteiger partial charge in [-0.05, 0) is 87.3 Å². The Hall–Kier alpha value is -5.85. The first-order valence-corrected chi connectivity index (χ1v) is 26.9. The van der Waals surface area contributed by atoms with E-state index in [0.717, 1.165) is 32.2 Å². The monoisotopic (exact) mass is 973 g/mol. The molecule has 67 heavy (non-hydrogen) atoms. The fourth-order valence-electron chi connectivity index (χ4n) is 6.74. The number of rotatable bonds is 19. The van der Waals surface area contributed by atoms with Gasteiger partial charge >= 0.3 is 17.8 Å². The van der Waals surface area contributed by atoms with Gasteiger partial charge in [0.25, 0.3) is 0 Å². The highest BCUT2D eigenvalue weighted by Crippen LogP contribution is 2.52. The number of anilines is 2. The number of carbonyl (C=O) groups excluding carboxylic acids is 1. The van der Waals surface area contributed by atoms with Gasteiger partial charge in [-0.1, -0.05) is 79.2 Å². The largest absolute Gasteiger partial charge is 0.491 e. The molecule has 0 spiro atoms. The van der Waals surface area contributed by atoms with E-state index in [1.165, 1.54) is 35.6 Å². The van der Waals surface area contributed by atoms with Crippen molar-refractivity contribution in [1.29, 1.82) is 0 Å². The van der Waals surface area contributed by atoms with Crippen molar-refractivity contribution in [1.82, 2.24) is 24.6 Å². The van der Waals surface area contributed by atoms with Crippen LogP contribution in [0.4, 0.5) is 34.3 Å². The van der Waals surface area contributed by atoms with Crippen LogP contribution in [0.3, 0.4) is 0 Å². The standard InChI is InChI=1S/C47H51F4N9O4S2Si/c1-8-63-43(61)41-39(16-12-24-64-37-22-19-32(28-35(37)48)13-11-23-58(3)29-33-17-20-34(21-18-33)46(56-57-46)47(49,50)51)66-44(52-41)59(4)40-27-31(2)42(55-54-40)53-45-60(30-62-25-26-67(5,6)7)36-14-9-10-15-38(36)65-45/h9-10,14-15,17-22,27-28H,8,12,16,23-26,29-30H2,1-7H3. The van der Waals surface area contributed by atoms with E-state index in [-0.39, 0.29) is 30.2 Å². The molecule has 1 aliphatic heterocycles. The van der Waals surface area contributed by atoms with E-state index < -0.39 is 31.7 Å². The molecule has 1 aliphatic rings. The third-order valence-corrected chi connectivity index (χ3v) is 14.5. The van der Waals surface area contributed by atoms with Crippen LogP contribution >= 0.6 is 22.7 Å². The van der Waals surface area contributed by atoms with Crippen molar-refractivity contribution in [2.75, 3.05) is 45.4 Å². The van der Waals surface area contributed by atoms with E-state index in [1.54, 1.807) is 48.4 Å². The van der Waals surface area contributed by atoms with Crippen LogP contribution in [-0.4, -0.2) is 85.3 Å². The van der Waals surface area contributed by atoms with E-state index >= 15 is 4.39 Å². The van der Waals surface area contributed by atoms with Crippen LogP contribution in [0.25, 0.3) is 10.2 Å². The van der Waals surface area contributed by atoms with Crippen molar-refractivity contribution in [2.24, 2.45) is 15.2 Å². The number of ether oxygens (including phenoxy) is 3. The minimum Gasteiger partial charge on any atom is -0.491 e. The lowest BCUT2D eigenvalue weighted by Gasteiger charge is -2.16. The molecule has 3 aromatic carbocycles. The quantitative estimate of drug-likeness (QED) is 0.0256. The molecule has 4 heterocycles. The number of halogens is 4. The highest BCUT2D eigenvalue weighted by atomic mass is 32.1. The fraction of sp³-hybridized carbons (Fsp3) is 0.383. The Kier molecular flexibility index (Phi) is 15.4. The first-order chi connectivity index (χ1) is 31.9. The average molecular weight is 974 g/mol. The molecule has 0 unspecified atom stereocenters. The molecule has 0 bridgehead atoms. The maximum atomic E-state index is 15.1. The molecule has 0 saturated heterocycles. The summed E-state index contributed by atoms with van der Waals surface area (Å²) in [6.07, 6.45) is -3.70. The number of aryl methyl sites for hydroxylation is 2. The second kappa shape index (κ2) is 21.0. The first-order valence-electron chi connectivity index (χ1n) is 21.6. The molecule has 0 atom stereocenters. The number of hydrogen-bond acceptors (Lipinski definition) is 14. The minimum atomic E-state index is -4.58. The number of para-hydroxylation sites is 1. The highest BCUT2D eigenvalue weighted by Gasteiger charge is 2.65. The highest BCUT2D eigenvalue weighted by molar-refractivity contribution is 7.16. The topological polar surface area (TPSA) is 132 Å². The average Bonchev–Trinajstić information content (AvgIpc) is 3.89.